The van der Waals surface area contributed by atoms with E-state index in [9.17, 15) is 13.2 Å². The zero-order valence-electron chi connectivity index (χ0n) is 10.7. The Hall–Kier alpha value is -1.56. The molecule has 1 heterocycles. The first-order valence-electron chi connectivity index (χ1n) is 6.01. The second-order valence-electron chi connectivity index (χ2n) is 4.51. The van der Waals surface area contributed by atoms with Crippen LogP contribution in [0.1, 0.15) is 12.0 Å². The molecular formula is C13H16O5S. The van der Waals surface area contributed by atoms with Crippen LogP contribution in [0.3, 0.4) is 0 Å². The van der Waals surface area contributed by atoms with E-state index in [1.807, 2.05) is 12.1 Å². The summed E-state index contributed by atoms with van der Waals surface area (Å²) in [5, 5.41) is 0. The van der Waals surface area contributed by atoms with E-state index in [1.165, 1.54) is 7.11 Å². The molecule has 6 heteroatoms. The van der Waals surface area contributed by atoms with E-state index in [1.54, 1.807) is 6.07 Å². The molecule has 0 unspecified atom stereocenters. The third kappa shape index (κ3) is 3.47. The minimum absolute atomic E-state index is 0.0586. The van der Waals surface area contributed by atoms with Crippen LogP contribution >= 0.6 is 0 Å². The van der Waals surface area contributed by atoms with Crippen molar-refractivity contribution in [2.75, 3.05) is 18.6 Å². The molecule has 104 valence electrons. The number of aldehydes is 1. The van der Waals surface area contributed by atoms with E-state index >= 15 is 0 Å². The Kier molecular flexibility index (Phi) is 4.09. The molecule has 1 aliphatic heterocycles. The van der Waals surface area contributed by atoms with Crippen molar-refractivity contribution in [3.05, 3.63) is 23.8 Å². The predicted octanol–water partition coefficient (Wildman–Crippen LogP) is 1.00. The summed E-state index contributed by atoms with van der Waals surface area (Å²) in [6.45, 7) is 0. The van der Waals surface area contributed by atoms with Crippen molar-refractivity contribution in [1.29, 1.82) is 0 Å². The molecule has 0 spiro atoms. The summed E-state index contributed by atoms with van der Waals surface area (Å²) >= 11 is 0. The molecule has 1 saturated heterocycles. The van der Waals surface area contributed by atoms with Crippen LogP contribution < -0.4 is 9.47 Å². The van der Waals surface area contributed by atoms with Crippen LogP contribution in [-0.4, -0.2) is 39.4 Å². The Morgan fingerprint density at radius 2 is 2.05 bits per heavy atom. The van der Waals surface area contributed by atoms with E-state index in [0.717, 1.165) is 11.8 Å². The highest BCUT2D eigenvalue weighted by Crippen LogP contribution is 2.31. The van der Waals surface area contributed by atoms with Gasteiger partial charge >= 0.3 is 0 Å². The number of hydrogen-bond acceptors (Lipinski definition) is 5. The van der Waals surface area contributed by atoms with Crippen LogP contribution in [0.5, 0.6) is 11.5 Å². The van der Waals surface area contributed by atoms with Gasteiger partial charge in [0.05, 0.1) is 18.6 Å². The molecule has 0 aromatic heterocycles. The van der Waals surface area contributed by atoms with E-state index in [2.05, 4.69) is 0 Å². The van der Waals surface area contributed by atoms with Gasteiger partial charge in [0, 0.05) is 6.42 Å². The maximum absolute atomic E-state index is 11.1. The largest absolute Gasteiger partial charge is 0.493 e. The summed E-state index contributed by atoms with van der Waals surface area (Å²) in [4.78, 5) is 10.3. The number of aryl methyl sites for hydroxylation is 1. The van der Waals surface area contributed by atoms with E-state index in [-0.39, 0.29) is 17.6 Å². The number of benzene rings is 1. The number of methoxy groups -OCH3 is 1. The summed E-state index contributed by atoms with van der Waals surface area (Å²) in [5.41, 5.74) is 0.984. The quantitative estimate of drug-likeness (QED) is 0.729. The Labute approximate surface area is 112 Å². The fourth-order valence-corrected chi connectivity index (χ4v) is 3.13. The molecule has 0 saturated carbocycles. The van der Waals surface area contributed by atoms with Crippen molar-refractivity contribution >= 4 is 16.1 Å². The number of rotatable bonds is 6. The van der Waals surface area contributed by atoms with Crippen molar-refractivity contribution in [2.24, 2.45) is 0 Å². The predicted molar refractivity (Wildman–Crippen MR) is 70.4 cm³/mol. The molecule has 0 amide bonds. The molecule has 2 rings (SSSR count). The lowest BCUT2D eigenvalue weighted by Crippen LogP contribution is -2.45. The SMILES string of the molecule is COc1cc(CCC=O)ccc1OC1CS(=O)(=O)C1. The summed E-state index contributed by atoms with van der Waals surface area (Å²) in [6.07, 6.45) is 1.69. The van der Waals surface area contributed by atoms with Crippen molar-refractivity contribution in [3.63, 3.8) is 0 Å². The van der Waals surface area contributed by atoms with E-state index in [4.69, 9.17) is 9.47 Å². The van der Waals surface area contributed by atoms with Crippen molar-refractivity contribution in [2.45, 2.75) is 18.9 Å². The summed E-state index contributed by atoms with van der Waals surface area (Å²) in [6, 6.07) is 5.42. The first kappa shape index (κ1) is 13.9. The molecule has 0 bridgehead atoms. The lowest BCUT2D eigenvalue weighted by Gasteiger charge is -2.27. The van der Waals surface area contributed by atoms with Gasteiger partial charge < -0.3 is 14.3 Å². The number of ether oxygens (including phenoxy) is 2. The standard InChI is InChI=1S/C13H16O5S/c1-17-13-7-10(3-2-6-14)4-5-12(13)18-11-8-19(15,16)9-11/h4-7,11H,2-3,8-9H2,1H3. The Balaban J connectivity index is 2.06. The molecule has 1 aromatic carbocycles. The van der Waals surface area contributed by atoms with Gasteiger partial charge in [-0.15, -0.1) is 0 Å². The highest BCUT2D eigenvalue weighted by Gasteiger charge is 2.35. The van der Waals surface area contributed by atoms with Gasteiger partial charge in [-0.3, -0.25) is 0 Å². The van der Waals surface area contributed by atoms with Crippen LogP contribution in [0, 0.1) is 0 Å². The molecule has 0 aliphatic carbocycles. The Morgan fingerprint density at radius 3 is 2.63 bits per heavy atom. The van der Waals surface area contributed by atoms with Gasteiger partial charge in [0.1, 0.15) is 12.4 Å². The number of hydrogen-bond donors (Lipinski definition) is 0. The second-order valence-corrected chi connectivity index (χ2v) is 6.66. The lowest BCUT2D eigenvalue weighted by atomic mass is 10.1. The Morgan fingerprint density at radius 1 is 1.32 bits per heavy atom. The van der Waals surface area contributed by atoms with Gasteiger partial charge in [0.2, 0.25) is 0 Å². The van der Waals surface area contributed by atoms with Gasteiger partial charge in [0.25, 0.3) is 0 Å². The number of carbonyl (C=O) groups is 1. The molecule has 1 fully saturated rings. The smallest absolute Gasteiger partial charge is 0.161 e. The average Bonchev–Trinajstić information content (AvgIpc) is 2.35. The summed E-state index contributed by atoms with van der Waals surface area (Å²) in [7, 11) is -1.36. The fraction of sp³-hybridized carbons (Fsp3) is 0.462. The maximum atomic E-state index is 11.1. The maximum Gasteiger partial charge on any atom is 0.161 e. The topological polar surface area (TPSA) is 69.7 Å². The zero-order valence-corrected chi connectivity index (χ0v) is 11.5. The first-order chi connectivity index (χ1) is 9.04. The molecule has 0 N–H and O–H groups in total. The molecule has 1 aromatic rings. The molecule has 0 atom stereocenters. The Bertz CT molecular complexity index is 552. The molecule has 5 nitrogen and oxygen atoms in total. The third-order valence-corrected chi connectivity index (χ3v) is 4.71. The second kappa shape index (κ2) is 5.61. The lowest BCUT2D eigenvalue weighted by molar-refractivity contribution is -0.107. The van der Waals surface area contributed by atoms with Crippen molar-refractivity contribution in [3.8, 4) is 11.5 Å². The van der Waals surface area contributed by atoms with Crippen LogP contribution in [0.2, 0.25) is 0 Å². The highest BCUT2D eigenvalue weighted by atomic mass is 32.2. The summed E-state index contributed by atoms with van der Waals surface area (Å²) < 4.78 is 33.0. The molecule has 1 aliphatic rings. The van der Waals surface area contributed by atoms with Crippen LogP contribution in [0.25, 0.3) is 0 Å². The minimum Gasteiger partial charge on any atom is -0.493 e. The third-order valence-electron chi connectivity index (χ3n) is 2.95. The van der Waals surface area contributed by atoms with Gasteiger partial charge in [-0.1, -0.05) is 6.07 Å². The van der Waals surface area contributed by atoms with Crippen LogP contribution in [-0.2, 0) is 21.1 Å². The first-order valence-corrected chi connectivity index (χ1v) is 7.84. The normalized spacial score (nSPS) is 17.5. The highest BCUT2D eigenvalue weighted by molar-refractivity contribution is 7.92. The van der Waals surface area contributed by atoms with Crippen LogP contribution in [0.4, 0.5) is 0 Å². The van der Waals surface area contributed by atoms with Gasteiger partial charge in [-0.2, -0.15) is 0 Å². The molecular weight excluding hydrogens is 268 g/mol. The van der Waals surface area contributed by atoms with Crippen molar-refractivity contribution < 1.29 is 22.7 Å². The van der Waals surface area contributed by atoms with E-state index in [0.29, 0.717) is 24.3 Å². The zero-order chi connectivity index (χ0) is 13.9. The van der Waals surface area contributed by atoms with E-state index < -0.39 is 9.84 Å². The minimum atomic E-state index is -2.90. The molecule has 19 heavy (non-hydrogen) atoms. The summed E-state index contributed by atoms with van der Waals surface area (Å²) in [5.74, 6) is 1.22. The number of carbonyl (C=O) groups excluding carboxylic acids is 1. The molecule has 0 radical (unpaired) electrons. The van der Waals surface area contributed by atoms with Gasteiger partial charge in [-0.25, -0.2) is 8.42 Å². The monoisotopic (exact) mass is 284 g/mol. The average molecular weight is 284 g/mol. The van der Waals surface area contributed by atoms with Crippen LogP contribution in [0.15, 0.2) is 18.2 Å². The fourth-order valence-electron chi connectivity index (χ4n) is 1.96. The van der Waals surface area contributed by atoms with Gasteiger partial charge in [-0.05, 0) is 24.1 Å². The van der Waals surface area contributed by atoms with Crippen molar-refractivity contribution in [1.82, 2.24) is 0 Å². The number of sulfone groups is 1. The van der Waals surface area contributed by atoms with Gasteiger partial charge in [0.15, 0.2) is 21.3 Å².